The Bertz CT molecular complexity index is 664. The van der Waals surface area contributed by atoms with Gasteiger partial charge in [-0.05, 0) is 18.1 Å². The summed E-state index contributed by atoms with van der Waals surface area (Å²) in [4.78, 5) is 4.18. The lowest BCUT2D eigenvalue weighted by Crippen LogP contribution is -2.45. The van der Waals surface area contributed by atoms with Crippen molar-refractivity contribution in [1.82, 2.24) is 10.6 Å². The van der Waals surface area contributed by atoms with Crippen molar-refractivity contribution in [3.8, 4) is 5.75 Å². The summed E-state index contributed by atoms with van der Waals surface area (Å²) in [6.45, 7) is 2.79. The number of hydrogen-bond donors (Lipinski definition) is 2. The van der Waals surface area contributed by atoms with Crippen molar-refractivity contribution in [2.45, 2.75) is 25.3 Å². The zero-order chi connectivity index (χ0) is 16.9. The monoisotopic (exact) mass is 467 g/mol. The predicted molar refractivity (Wildman–Crippen MR) is 108 cm³/mol. The number of para-hydroxylation sites is 1. The Balaban J connectivity index is 0.00000288. The van der Waals surface area contributed by atoms with E-state index >= 15 is 0 Å². The molecule has 0 aliphatic carbocycles. The molecule has 2 rings (SSSR count). The SMILES string of the molecule is CN=C(NCC(C)c1ccccc1OC)NC1CCS(=O)(=O)C1.I. The minimum absolute atomic E-state index is 0. The molecule has 0 aromatic heterocycles. The number of hydrogen-bond acceptors (Lipinski definition) is 4. The number of nitrogens with one attached hydrogen (secondary N) is 2. The second kappa shape index (κ2) is 9.45. The van der Waals surface area contributed by atoms with E-state index in [1.165, 1.54) is 0 Å². The van der Waals surface area contributed by atoms with Gasteiger partial charge in [-0.25, -0.2) is 8.42 Å². The van der Waals surface area contributed by atoms with E-state index in [-0.39, 0.29) is 47.4 Å². The van der Waals surface area contributed by atoms with E-state index in [4.69, 9.17) is 4.74 Å². The summed E-state index contributed by atoms with van der Waals surface area (Å²) in [6.07, 6.45) is 0.630. The molecule has 1 aromatic rings. The predicted octanol–water partition coefficient (Wildman–Crippen LogP) is 1.77. The first kappa shape index (κ1) is 21.0. The molecule has 1 aliphatic heterocycles. The average Bonchev–Trinajstić information content (AvgIpc) is 2.89. The number of rotatable bonds is 5. The largest absolute Gasteiger partial charge is 0.496 e. The van der Waals surface area contributed by atoms with Crippen molar-refractivity contribution < 1.29 is 13.2 Å². The second-order valence-corrected chi connectivity index (χ2v) is 8.07. The molecular formula is C16H26IN3O3S. The Morgan fingerprint density at radius 1 is 1.42 bits per heavy atom. The molecule has 1 aromatic carbocycles. The van der Waals surface area contributed by atoms with Gasteiger partial charge >= 0.3 is 0 Å². The molecule has 6 nitrogen and oxygen atoms in total. The highest BCUT2D eigenvalue weighted by atomic mass is 127. The van der Waals surface area contributed by atoms with E-state index in [2.05, 4.69) is 22.5 Å². The number of nitrogens with zero attached hydrogens (tertiary/aromatic N) is 1. The molecule has 2 unspecified atom stereocenters. The fraction of sp³-hybridized carbons (Fsp3) is 0.562. The summed E-state index contributed by atoms with van der Waals surface area (Å²) in [5, 5.41) is 6.45. The van der Waals surface area contributed by atoms with Crippen LogP contribution in [0, 0.1) is 0 Å². The highest BCUT2D eigenvalue weighted by molar-refractivity contribution is 14.0. The number of ether oxygens (including phenoxy) is 1. The zero-order valence-electron chi connectivity index (χ0n) is 14.3. The van der Waals surface area contributed by atoms with Crippen molar-refractivity contribution in [2.24, 2.45) is 4.99 Å². The molecule has 0 saturated carbocycles. The number of guanidine groups is 1. The van der Waals surface area contributed by atoms with Crippen molar-refractivity contribution >= 4 is 39.8 Å². The number of aliphatic imine (C=N–C) groups is 1. The van der Waals surface area contributed by atoms with Gasteiger partial charge < -0.3 is 15.4 Å². The standard InChI is InChI=1S/C16H25N3O3S.HI/c1-12(14-6-4-5-7-15(14)22-3)10-18-16(17-2)19-13-8-9-23(20,21)11-13;/h4-7,12-13H,8-11H2,1-3H3,(H2,17,18,19);1H. The molecule has 1 heterocycles. The Morgan fingerprint density at radius 3 is 2.71 bits per heavy atom. The van der Waals surface area contributed by atoms with Gasteiger partial charge in [-0.1, -0.05) is 25.1 Å². The lowest BCUT2D eigenvalue weighted by Gasteiger charge is -2.20. The van der Waals surface area contributed by atoms with E-state index < -0.39 is 9.84 Å². The third-order valence-corrected chi connectivity index (χ3v) is 5.81. The lowest BCUT2D eigenvalue weighted by atomic mass is 10.0. The van der Waals surface area contributed by atoms with Gasteiger partial charge in [0.1, 0.15) is 5.75 Å². The van der Waals surface area contributed by atoms with Crippen LogP contribution in [0.5, 0.6) is 5.75 Å². The summed E-state index contributed by atoms with van der Waals surface area (Å²) in [5.74, 6) is 2.16. The van der Waals surface area contributed by atoms with Crippen molar-refractivity contribution in [3.63, 3.8) is 0 Å². The number of benzene rings is 1. The van der Waals surface area contributed by atoms with E-state index in [1.807, 2.05) is 24.3 Å². The zero-order valence-corrected chi connectivity index (χ0v) is 17.4. The highest BCUT2D eigenvalue weighted by Crippen LogP contribution is 2.25. The lowest BCUT2D eigenvalue weighted by molar-refractivity contribution is 0.406. The molecule has 136 valence electrons. The highest BCUT2D eigenvalue weighted by Gasteiger charge is 2.28. The van der Waals surface area contributed by atoms with Gasteiger partial charge in [-0.3, -0.25) is 4.99 Å². The normalized spacial score (nSPS) is 20.8. The Hall–Kier alpha value is -1.03. The maximum Gasteiger partial charge on any atom is 0.191 e. The number of sulfone groups is 1. The molecule has 2 N–H and O–H groups in total. The van der Waals surface area contributed by atoms with E-state index in [0.717, 1.165) is 11.3 Å². The Labute approximate surface area is 161 Å². The van der Waals surface area contributed by atoms with Crippen LogP contribution in [0.15, 0.2) is 29.3 Å². The second-order valence-electron chi connectivity index (χ2n) is 5.84. The maximum absolute atomic E-state index is 11.5. The minimum atomic E-state index is -2.89. The molecule has 0 radical (unpaired) electrons. The maximum atomic E-state index is 11.5. The first-order valence-corrected chi connectivity index (χ1v) is 9.58. The van der Waals surface area contributed by atoms with Crippen LogP contribution in [-0.4, -0.2) is 52.6 Å². The molecule has 0 spiro atoms. The molecule has 2 atom stereocenters. The summed E-state index contributed by atoms with van der Waals surface area (Å²) in [5.41, 5.74) is 1.13. The van der Waals surface area contributed by atoms with E-state index in [9.17, 15) is 8.42 Å². The minimum Gasteiger partial charge on any atom is -0.496 e. The fourth-order valence-electron chi connectivity index (χ4n) is 2.73. The number of methoxy groups -OCH3 is 1. The molecule has 8 heteroatoms. The summed E-state index contributed by atoms with van der Waals surface area (Å²) in [7, 11) is 0.459. The van der Waals surface area contributed by atoms with Gasteiger partial charge in [0.15, 0.2) is 15.8 Å². The molecule has 0 amide bonds. The third-order valence-electron chi connectivity index (χ3n) is 4.04. The van der Waals surface area contributed by atoms with E-state index in [0.29, 0.717) is 18.9 Å². The van der Waals surface area contributed by atoms with E-state index in [1.54, 1.807) is 14.2 Å². The molecule has 1 saturated heterocycles. The van der Waals surface area contributed by atoms with Crippen LogP contribution in [-0.2, 0) is 9.84 Å². The molecule has 0 bridgehead atoms. The Morgan fingerprint density at radius 2 is 2.12 bits per heavy atom. The van der Waals surface area contributed by atoms with Gasteiger partial charge in [0.2, 0.25) is 0 Å². The van der Waals surface area contributed by atoms with Crippen LogP contribution in [0.1, 0.15) is 24.8 Å². The molecule has 1 aliphatic rings. The van der Waals surface area contributed by atoms with Crippen molar-refractivity contribution in [2.75, 3.05) is 32.2 Å². The molecular weight excluding hydrogens is 441 g/mol. The summed E-state index contributed by atoms with van der Waals surface area (Å²) in [6, 6.07) is 7.87. The summed E-state index contributed by atoms with van der Waals surface area (Å²) >= 11 is 0. The fourth-order valence-corrected chi connectivity index (χ4v) is 4.40. The molecule has 24 heavy (non-hydrogen) atoms. The molecule has 1 fully saturated rings. The van der Waals surface area contributed by atoms with Crippen LogP contribution < -0.4 is 15.4 Å². The van der Waals surface area contributed by atoms with Crippen molar-refractivity contribution in [3.05, 3.63) is 29.8 Å². The average molecular weight is 467 g/mol. The summed E-state index contributed by atoms with van der Waals surface area (Å²) < 4.78 is 28.4. The van der Waals surface area contributed by atoms with Crippen molar-refractivity contribution in [1.29, 1.82) is 0 Å². The topological polar surface area (TPSA) is 79.8 Å². The van der Waals surface area contributed by atoms with Gasteiger partial charge in [0, 0.05) is 25.6 Å². The van der Waals surface area contributed by atoms with Crippen LogP contribution in [0.4, 0.5) is 0 Å². The van der Waals surface area contributed by atoms with Crippen LogP contribution in [0.25, 0.3) is 0 Å². The quantitative estimate of drug-likeness (QED) is 0.392. The van der Waals surface area contributed by atoms with Gasteiger partial charge in [-0.15, -0.1) is 24.0 Å². The van der Waals surface area contributed by atoms with Crippen LogP contribution in [0.3, 0.4) is 0 Å². The smallest absolute Gasteiger partial charge is 0.191 e. The Kier molecular flexibility index (Phi) is 8.28. The van der Waals surface area contributed by atoms with Gasteiger partial charge in [0.05, 0.1) is 18.6 Å². The van der Waals surface area contributed by atoms with Gasteiger partial charge in [-0.2, -0.15) is 0 Å². The first-order chi connectivity index (χ1) is 10.9. The van der Waals surface area contributed by atoms with Gasteiger partial charge in [0.25, 0.3) is 0 Å². The third kappa shape index (κ3) is 5.80. The number of halogens is 1. The van der Waals surface area contributed by atoms with Crippen LogP contribution in [0.2, 0.25) is 0 Å². The van der Waals surface area contributed by atoms with Crippen LogP contribution >= 0.6 is 24.0 Å². The first-order valence-electron chi connectivity index (χ1n) is 7.75.